The monoisotopic (exact) mass is 287 g/mol. The van der Waals surface area contributed by atoms with Crippen molar-refractivity contribution in [2.75, 3.05) is 5.75 Å². The molecule has 3 nitrogen and oxygen atoms in total. The zero-order valence-electron chi connectivity index (χ0n) is 11.4. The van der Waals surface area contributed by atoms with E-state index in [1.807, 2.05) is 37.3 Å². The van der Waals surface area contributed by atoms with E-state index in [9.17, 15) is 9.90 Å². The van der Waals surface area contributed by atoms with E-state index in [0.29, 0.717) is 6.42 Å². The molecule has 1 unspecified atom stereocenters. The van der Waals surface area contributed by atoms with Gasteiger partial charge in [-0.25, -0.2) is 0 Å². The molecule has 20 heavy (non-hydrogen) atoms. The van der Waals surface area contributed by atoms with Crippen molar-refractivity contribution in [2.45, 2.75) is 30.9 Å². The maximum Gasteiger partial charge on any atom is 0.320 e. The van der Waals surface area contributed by atoms with Crippen molar-refractivity contribution in [3.8, 4) is 0 Å². The first-order valence-corrected chi connectivity index (χ1v) is 7.82. The second kappa shape index (κ2) is 5.09. The first-order chi connectivity index (χ1) is 9.61. The molecule has 0 bridgehead atoms. The lowest BCUT2D eigenvalue weighted by Gasteiger charge is -2.23. The molecule has 1 fully saturated rings. The van der Waals surface area contributed by atoms with Gasteiger partial charge in [0.15, 0.2) is 0 Å². The summed E-state index contributed by atoms with van der Waals surface area (Å²) >= 11 is 1.59. The lowest BCUT2D eigenvalue weighted by atomic mass is 9.92. The number of hydrogen-bond donors (Lipinski definition) is 1. The number of para-hydroxylation sites is 1. The van der Waals surface area contributed by atoms with E-state index in [1.165, 1.54) is 0 Å². The number of hydrogen-bond acceptors (Lipinski definition) is 3. The van der Waals surface area contributed by atoms with Crippen molar-refractivity contribution < 1.29 is 9.90 Å². The highest BCUT2D eigenvalue weighted by Crippen LogP contribution is 2.42. The van der Waals surface area contributed by atoms with Gasteiger partial charge in [-0.3, -0.25) is 9.78 Å². The molecular formula is C16H17NO2S. The third-order valence-corrected chi connectivity index (χ3v) is 5.47. The molecule has 104 valence electrons. The van der Waals surface area contributed by atoms with Crippen LogP contribution in [0.3, 0.4) is 0 Å². The van der Waals surface area contributed by atoms with Crippen molar-refractivity contribution in [3.63, 3.8) is 0 Å². The van der Waals surface area contributed by atoms with Crippen molar-refractivity contribution in [1.82, 2.24) is 4.98 Å². The molecule has 1 aliphatic rings. The molecule has 1 N–H and O–H groups in total. The standard InChI is InChI=1S/C16H17NO2S/c1-11-9-12(13-5-2-3-6-14(13)17-11)10-16(15(18)19)7-4-8-20-16/h2-3,5-6,9H,4,7-8,10H2,1H3,(H,18,19). The van der Waals surface area contributed by atoms with Gasteiger partial charge in [-0.1, -0.05) is 18.2 Å². The second-order valence-electron chi connectivity index (χ2n) is 5.37. The van der Waals surface area contributed by atoms with Crippen LogP contribution in [0.15, 0.2) is 30.3 Å². The van der Waals surface area contributed by atoms with Gasteiger partial charge in [-0.2, -0.15) is 0 Å². The summed E-state index contributed by atoms with van der Waals surface area (Å²) in [5.41, 5.74) is 3.00. The van der Waals surface area contributed by atoms with Gasteiger partial charge in [-0.05, 0) is 49.6 Å². The molecule has 3 rings (SSSR count). The minimum atomic E-state index is -0.682. The van der Waals surface area contributed by atoms with Crippen LogP contribution in [0.1, 0.15) is 24.1 Å². The van der Waals surface area contributed by atoms with E-state index < -0.39 is 10.7 Å². The van der Waals surface area contributed by atoms with Crippen molar-refractivity contribution in [1.29, 1.82) is 0 Å². The Balaban J connectivity index is 2.08. The molecule has 1 aliphatic heterocycles. The second-order valence-corrected chi connectivity index (χ2v) is 6.85. The van der Waals surface area contributed by atoms with Crippen LogP contribution >= 0.6 is 11.8 Å². The van der Waals surface area contributed by atoms with Gasteiger partial charge in [0.2, 0.25) is 0 Å². The van der Waals surface area contributed by atoms with Gasteiger partial charge >= 0.3 is 5.97 Å². The molecule has 0 amide bonds. The molecule has 0 saturated carbocycles. The quantitative estimate of drug-likeness (QED) is 0.939. The highest BCUT2D eigenvalue weighted by Gasteiger charge is 2.42. The first-order valence-electron chi connectivity index (χ1n) is 6.83. The summed E-state index contributed by atoms with van der Waals surface area (Å²) in [6, 6.07) is 10.0. The zero-order chi connectivity index (χ0) is 14.2. The summed E-state index contributed by atoms with van der Waals surface area (Å²) in [7, 11) is 0. The van der Waals surface area contributed by atoms with Crippen LogP contribution in [0, 0.1) is 6.92 Å². The number of rotatable bonds is 3. The number of carboxylic acids is 1. The number of carbonyl (C=O) groups is 1. The van der Waals surface area contributed by atoms with Crippen LogP contribution in [0.25, 0.3) is 10.9 Å². The number of pyridine rings is 1. The molecule has 0 spiro atoms. The van der Waals surface area contributed by atoms with Crippen molar-refractivity contribution >= 4 is 28.6 Å². The van der Waals surface area contributed by atoms with Crippen LogP contribution in [0.5, 0.6) is 0 Å². The summed E-state index contributed by atoms with van der Waals surface area (Å²) in [5, 5.41) is 10.7. The third kappa shape index (κ3) is 2.29. The van der Waals surface area contributed by atoms with Crippen LogP contribution in [0.4, 0.5) is 0 Å². The molecule has 1 aromatic heterocycles. The molecule has 1 aromatic carbocycles. The zero-order valence-corrected chi connectivity index (χ0v) is 12.2. The highest BCUT2D eigenvalue weighted by molar-refractivity contribution is 8.01. The Morgan fingerprint density at radius 3 is 2.95 bits per heavy atom. The molecule has 2 heterocycles. The predicted octanol–water partition coefficient (Wildman–Crippen LogP) is 3.44. The van der Waals surface area contributed by atoms with E-state index >= 15 is 0 Å². The Labute approximate surface area is 122 Å². The molecule has 1 saturated heterocycles. The Hall–Kier alpha value is -1.55. The fourth-order valence-electron chi connectivity index (χ4n) is 2.93. The molecule has 4 heteroatoms. The summed E-state index contributed by atoms with van der Waals surface area (Å²) < 4.78 is -0.656. The summed E-state index contributed by atoms with van der Waals surface area (Å²) in [6.07, 6.45) is 2.32. The molecule has 2 aromatic rings. The topological polar surface area (TPSA) is 50.2 Å². The Morgan fingerprint density at radius 1 is 1.45 bits per heavy atom. The average molecular weight is 287 g/mol. The van der Waals surface area contributed by atoms with Gasteiger partial charge in [0.1, 0.15) is 4.75 Å². The van der Waals surface area contributed by atoms with E-state index in [4.69, 9.17) is 0 Å². The summed E-state index contributed by atoms with van der Waals surface area (Å²) in [5.74, 6) is 0.257. The highest BCUT2D eigenvalue weighted by atomic mass is 32.2. The number of carboxylic acid groups (broad SMARTS) is 1. The van der Waals surface area contributed by atoms with E-state index in [2.05, 4.69) is 4.98 Å². The van der Waals surface area contributed by atoms with Crippen LogP contribution in [-0.4, -0.2) is 26.6 Å². The number of aliphatic carboxylic acids is 1. The number of benzene rings is 1. The van der Waals surface area contributed by atoms with Crippen LogP contribution in [-0.2, 0) is 11.2 Å². The first kappa shape index (κ1) is 13.4. The Kier molecular flexibility index (Phi) is 3.42. The fourth-order valence-corrected chi connectivity index (χ4v) is 4.28. The average Bonchev–Trinajstić information content (AvgIpc) is 2.88. The van der Waals surface area contributed by atoms with Crippen molar-refractivity contribution in [3.05, 3.63) is 41.6 Å². The van der Waals surface area contributed by atoms with Gasteiger partial charge < -0.3 is 5.11 Å². The predicted molar refractivity (Wildman–Crippen MR) is 82.2 cm³/mol. The lowest BCUT2D eigenvalue weighted by Crippen LogP contribution is -2.34. The van der Waals surface area contributed by atoms with Crippen molar-refractivity contribution in [2.24, 2.45) is 0 Å². The van der Waals surface area contributed by atoms with E-state index in [-0.39, 0.29) is 0 Å². The number of nitrogens with zero attached hydrogens (tertiary/aromatic N) is 1. The maximum absolute atomic E-state index is 11.7. The largest absolute Gasteiger partial charge is 0.480 e. The minimum Gasteiger partial charge on any atom is -0.480 e. The number of thioether (sulfide) groups is 1. The van der Waals surface area contributed by atoms with Gasteiger partial charge in [0, 0.05) is 11.1 Å². The number of aryl methyl sites for hydroxylation is 1. The maximum atomic E-state index is 11.7. The van der Waals surface area contributed by atoms with Crippen LogP contribution in [0.2, 0.25) is 0 Å². The normalized spacial score (nSPS) is 22.2. The lowest BCUT2D eigenvalue weighted by molar-refractivity contribution is -0.139. The summed E-state index contributed by atoms with van der Waals surface area (Å²) in [4.78, 5) is 16.2. The molecule has 0 radical (unpaired) electrons. The molecule has 1 atom stereocenters. The Bertz CT molecular complexity index is 663. The smallest absolute Gasteiger partial charge is 0.320 e. The number of fused-ring (bicyclic) bond motifs is 1. The fraction of sp³-hybridized carbons (Fsp3) is 0.375. The molecule has 0 aliphatic carbocycles. The Morgan fingerprint density at radius 2 is 2.25 bits per heavy atom. The van der Waals surface area contributed by atoms with Gasteiger partial charge in [0.25, 0.3) is 0 Å². The number of aromatic nitrogens is 1. The van der Waals surface area contributed by atoms with E-state index in [1.54, 1.807) is 11.8 Å². The molecular weight excluding hydrogens is 270 g/mol. The van der Waals surface area contributed by atoms with Crippen LogP contribution < -0.4 is 0 Å². The van der Waals surface area contributed by atoms with Gasteiger partial charge in [-0.15, -0.1) is 11.8 Å². The van der Waals surface area contributed by atoms with E-state index in [0.717, 1.165) is 40.8 Å². The van der Waals surface area contributed by atoms with Gasteiger partial charge in [0.05, 0.1) is 5.52 Å². The minimum absolute atomic E-state index is 0.580. The summed E-state index contributed by atoms with van der Waals surface area (Å²) in [6.45, 7) is 1.96. The third-order valence-electron chi connectivity index (χ3n) is 3.90. The SMILES string of the molecule is Cc1cc(CC2(C(=O)O)CCCS2)c2ccccc2n1.